The third-order valence-electron chi connectivity index (χ3n) is 4.37. The molecule has 2 amide bonds. The second-order valence-electron chi connectivity index (χ2n) is 5.24. The SMILES string of the molecule is CCC1(C)NC(=O)C2(CCCC2)N(C)C1=O. The number of hydrogen-bond donors (Lipinski definition) is 1. The predicted molar refractivity (Wildman–Crippen MR) is 60.8 cm³/mol. The summed E-state index contributed by atoms with van der Waals surface area (Å²) >= 11 is 0. The van der Waals surface area contributed by atoms with Crippen LogP contribution < -0.4 is 5.32 Å². The first kappa shape index (κ1) is 11.4. The van der Waals surface area contributed by atoms with Crippen LogP contribution in [0.3, 0.4) is 0 Å². The average molecular weight is 224 g/mol. The Hall–Kier alpha value is -1.06. The highest BCUT2D eigenvalue weighted by molar-refractivity contribution is 6.02. The summed E-state index contributed by atoms with van der Waals surface area (Å²) in [5.41, 5.74) is -1.26. The van der Waals surface area contributed by atoms with Crippen molar-refractivity contribution >= 4 is 11.8 Å². The molecule has 1 aliphatic heterocycles. The van der Waals surface area contributed by atoms with Gasteiger partial charge in [-0.15, -0.1) is 0 Å². The Morgan fingerprint density at radius 1 is 1.31 bits per heavy atom. The Morgan fingerprint density at radius 3 is 2.38 bits per heavy atom. The second kappa shape index (κ2) is 3.47. The molecule has 0 bridgehead atoms. The van der Waals surface area contributed by atoms with E-state index in [4.69, 9.17) is 0 Å². The molecule has 16 heavy (non-hydrogen) atoms. The molecule has 2 fully saturated rings. The summed E-state index contributed by atoms with van der Waals surface area (Å²) < 4.78 is 0. The summed E-state index contributed by atoms with van der Waals surface area (Å²) in [5.74, 6) is 0.0907. The quantitative estimate of drug-likeness (QED) is 0.724. The van der Waals surface area contributed by atoms with Crippen molar-refractivity contribution < 1.29 is 9.59 Å². The van der Waals surface area contributed by atoms with Gasteiger partial charge in [0.1, 0.15) is 11.1 Å². The number of likely N-dealkylation sites (N-methyl/N-ethyl adjacent to an activating group) is 1. The summed E-state index contributed by atoms with van der Waals surface area (Å²) in [5, 5.41) is 2.93. The lowest BCUT2D eigenvalue weighted by molar-refractivity contribution is -0.160. The van der Waals surface area contributed by atoms with Gasteiger partial charge in [-0.1, -0.05) is 19.8 Å². The summed E-state index contributed by atoms with van der Waals surface area (Å²) in [7, 11) is 1.78. The molecule has 0 aromatic rings. The van der Waals surface area contributed by atoms with Gasteiger partial charge in [0.05, 0.1) is 0 Å². The second-order valence-corrected chi connectivity index (χ2v) is 5.24. The van der Waals surface area contributed by atoms with Crippen LogP contribution in [0.15, 0.2) is 0 Å². The molecule has 1 spiro atoms. The largest absolute Gasteiger partial charge is 0.340 e. The number of hydrogen-bond acceptors (Lipinski definition) is 2. The van der Waals surface area contributed by atoms with Crippen molar-refractivity contribution in [2.75, 3.05) is 7.05 Å². The van der Waals surface area contributed by atoms with Gasteiger partial charge >= 0.3 is 0 Å². The highest BCUT2D eigenvalue weighted by Gasteiger charge is 2.55. The summed E-state index contributed by atoms with van der Waals surface area (Å²) in [6.07, 6.45) is 4.32. The molecule has 2 aliphatic rings. The van der Waals surface area contributed by atoms with E-state index in [0.717, 1.165) is 25.7 Å². The predicted octanol–water partition coefficient (Wildman–Crippen LogP) is 1.06. The van der Waals surface area contributed by atoms with E-state index in [1.54, 1.807) is 11.9 Å². The number of amides is 2. The van der Waals surface area contributed by atoms with E-state index >= 15 is 0 Å². The maximum atomic E-state index is 12.3. The molecule has 4 heteroatoms. The monoisotopic (exact) mass is 224 g/mol. The Balaban J connectivity index is 2.35. The average Bonchev–Trinajstić information content (AvgIpc) is 2.75. The maximum absolute atomic E-state index is 12.3. The van der Waals surface area contributed by atoms with Gasteiger partial charge in [0, 0.05) is 7.05 Å². The smallest absolute Gasteiger partial charge is 0.248 e. The molecule has 1 unspecified atom stereocenters. The van der Waals surface area contributed by atoms with Gasteiger partial charge in [-0.2, -0.15) is 0 Å². The molecule has 1 aliphatic carbocycles. The Morgan fingerprint density at radius 2 is 1.88 bits per heavy atom. The zero-order chi connectivity index (χ0) is 12.0. The van der Waals surface area contributed by atoms with E-state index in [0.29, 0.717) is 6.42 Å². The first-order valence-electron chi connectivity index (χ1n) is 6.07. The Bertz CT molecular complexity index is 334. The molecule has 1 saturated carbocycles. The minimum atomic E-state index is -0.709. The van der Waals surface area contributed by atoms with Crippen LogP contribution in [0.2, 0.25) is 0 Å². The molecule has 1 saturated heterocycles. The Kier molecular flexibility index (Phi) is 2.48. The van der Waals surface area contributed by atoms with Crippen LogP contribution in [0.4, 0.5) is 0 Å². The maximum Gasteiger partial charge on any atom is 0.248 e. The van der Waals surface area contributed by atoms with E-state index in [1.165, 1.54) is 0 Å². The van der Waals surface area contributed by atoms with Gasteiger partial charge in [-0.05, 0) is 26.2 Å². The van der Waals surface area contributed by atoms with Crippen molar-refractivity contribution in [3.63, 3.8) is 0 Å². The summed E-state index contributed by atoms with van der Waals surface area (Å²) in [6, 6.07) is 0. The molecule has 1 atom stereocenters. The van der Waals surface area contributed by atoms with Crippen molar-refractivity contribution in [1.29, 1.82) is 0 Å². The van der Waals surface area contributed by atoms with Gasteiger partial charge in [0.25, 0.3) is 0 Å². The van der Waals surface area contributed by atoms with E-state index < -0.39 is 11.1 Å². The van der Waals surface area contributed by atoms with Crippen molar-refractivity contribution in [3.8, 4) is 0 Å². The zero-order valence-corrected chi connectivity index (χ0v) is 10.3. The van der Waals surface area contributed by atoms with Crippen LogP contribution in [0.25, 0.3) is 0 Å². The normalized spacial score (nSPS) is 33.3. The lowest BCUT2D eigenvalue weighted by atomic mass is 9.84. The van der Waals surface area contributed by atoms with Gasteiger partial charge in [0.15, 0.2) is 0 Å². The van der Waals surface area contributed by atoms with E-state index in [-0.39, 0.29) is 11.8 Å². The molecule has 2 rings (SSSR count). The van der Waals surface area contributed by atoms with Crippen LogP contribution >= 0.6 is 0 Å². The minimum absolute atomic E-state index is 0.0384. The molecule has 1 heterocycles. The van der Waals surface area contributed by atoms with Crippen molar-refractivity contribution in [2.24, 2.45) is 0 Å². The lowest BCUT2D eigenvalue weighted by Crippen LogP contribution is -2.73. The lowest BCUT2D eigenvalue weighted by Gasteiger charge is -2.48. The van der Waals surface area contributed by atoms with Gasteiger partial charge < -0.3 is 10.2 Å². The summed E-state index contributed by atoms with van der Waals surface area (Å²) in [6.45, 7) is 3.74. The number of rotatable bonds is 1. The van der Waals surface area contributed by atoms with Crippen molar-refractivity contribution in [3.05, 3.63) is 0 Å². The number of carbonyl (C=O) groups is 2. The van der Waals surface area contributed by atoms with Crippen LogP contribution in [-0.4, -0.2) is 34.8 Å². The van der Waals surface area contributed by atoms with Crippen molar-refractivity contribution in [1.82, 2.24) is 10.2 Å². The van der Waals surface area contributed by atoms with Crippen molar-refractivity contribution in [2.45, 2.75) is 57.0 Å². The molecule has 4 nitrogen and oxygen atoms in total. The third-order valence-corrected chi connectivity index (χ3v) is 4.37. The topological polar surface area (TPSA) is 49.4 Å². The molecule has 0 radical (unpaired) electrons. The third kappa shape index (κ3) is 1.28. The summed E-state index contributed by atoms with van der Waals surface area (Å²) in [4.78, 5) is 26.2. The number of nitrogens with one attached hydrogen (secondary N) is 1. The van der Waals surface area contributed by atoms with Crippen LogP contribution in [0.1, 0.15) is 46.0 Å². The van der Waals surface area contributed by atoms with E-state index in [2.05, 4.69) is 5.32 Å². The fraction of sp³-hybridized carbons (Fsp3) is 0.833. The molecule has 1 N–H and O–H groups in total. The fourth-order valence-electron chi connectivity index (χ4n) is 2.90. The van der Waals surface area contributed by atoms with Gasteiger partial charge in [-0.25, -0.2) is 0 Å². The molecule has 0 aromatic carbocycles. The number of piperazine rings is 1. The van der Waals surface area contributed by atoms with Crippen LogP contribution in [0.5, 0.6) is 0 Å². The highest BCUT2D eigenvalue weighted by atomic mass is 16.2. The minimum Gasteiger partial charge on any atom is -0.340 e. The van der Waals surface area contributed by atoms with Crippen LogP contribution in [0, 0.1) is 0 Å². The highest BCUT2D eigenvalue weighted by Crippen LogP contribution is 2.39. The van der Waals surface area contributed by atoms with E-state index in [1.807, 2.05) is 13.8 Å². The fourth-order valence-corrected chi connectivity index (χ4v) is 2.90. The van der Waals surface area contributed by atoms with Crippen LogP contribution in [-0.2, 0) is 9.59 Å². The first-order chi connectivity index (χ1) is 7.46. The number of carbonyl (C=O) groups excluding carboxylic acids is 2. The number of nitrogens with zero attached hydrogens (tertiary/aromatic N) is 1. The molecule has 90 valence electrons. The Labute approximate surface area is 96.4 Å². The molecular formula is C12H20N2O2. The van der Waals surface area contributed by atoms with E-state index in [9.17, 15) is 9.59 Å². The van der Waals surface area contributed by atoms with Gasteiger partial charge in [0.2, 0.25) is 11.8 Å². The standard InChI is InChI=1S/C12H20N2O2/c1-4-11(2)10(16)14(3)12(9(15)13-11)7-5-6-8-12/h4-8H2,1-3H3,(H,13,15). The first-order valence-corrected chi connectivity index (χ1v) is 6.07. The molecular weight excluding hydrogens is 204 g/mol. The van der Waals surface area contributed by atoms with Gasteiger partial charge in [-0.3, -0.25) is 9.59 Å². The zero-order valence-electron chi connectivity index (χ0n) is 10.3. The molecule has 0 aromatic heterocycles.